The first-order valence-corrected chi connectivity index (χ1v) is 8.47. The van der Waals surface area contributed by atoms with Crippen LogP contribution in [0.4, 0.5) is 23.1 Å². The van der Waals surface area contributed by atoms with Crippen LogP contribution in [0.3, 0.4) is 0 Å². The minimum Gasteiger partial charge on any atom is -0.354 e. The lowest BCUT2D eigenvalue weighted by atomic mass is 10.2. The zero-order valence-corrected chi connectivity index (χ0v) is 14.8. The van der Waals surface area contributed by atoms with Gasteiger partial charge in [-0.2, -0.15) is 4.98 Å². The number of amides is 1. The fraction of sp³-hybridized carbons (Fsp3) is 0.150. The van der Waals surface area contributed by atoms with E-state index in [0.717, 1.165) is 29.4 Å². The molecule has 3 rings (SSSR count). The van der Waals surface area contributed by atoms with E-state index in [1.54, 1.807) is 12.1 Å². The van der Waals surface area contributed by atoms with Gasteiger partial charge in [0, 0.05) is 35.2 Å². The van der Waals surface area contributed by atoms with Crippen LogP contribution in [-0.4, -0.2) is 22.4 Å². The number of nitrogens with zero attached hydrogens (tertiary/aromatic N) is 2. The van der Waals surface area contributed by atoms with Crippen molar-refractivity contribution in [1.29, 1.82) is 0 Å². The number of hydrogen-bond donors (Lipinski definition) is 3. The Labute approximate surface area is 152 Å². The van der Waals surface area contributed by atoms with Gasteiger partial charge in [0.15, 0.2) is 0 Å². The molecular formula is C20H21N5O. The smallest absolute Gasteiger partial charge is 0.255 e. The van der Waals surface area contributed by atoms with E-state index in [9.17, 15) is 4.79 Å². The molecule has 26 heavy (non-hydrogen) atoms. The third-order valence-corrected chi connectivity index (χ3v) is 3.64. The Morgan fingerprint density at radius 1 is 0.962 bits per heavy atom. The average molecular weight is 347 g/mol. The first-order valence-electron chi connectivity index (χ1n) is 8.47. The largest absolute Gasteiger partial charge is 0.354 e. The Morgan fingerprint density at radius 2 is 1.65 bits per heavy atom. The minimum absolute atomic E-state index is 0.131. The van der Waals surface area contributed by atoms with E-state index in [1.165, 1.54) is 0 Å². The molecule has 0 radical (unpaired) electrons. The van der Waals surface area contributed by atoms with E-state index < -0.39 is 0 Å². The van der Waals surface area contributed by atoms with Gasteiger partial charge in [-0.1, -0.05) is 18.2 Å². The van der Waals surface area contributed by atoms with E-state index in [1.807, 2.05) is 62.4 Å². The minimum atomic E-state index is -0.131. The predicted molar refractivity (Wildman–Crippen MR) is 105 cm³/mol. The van der Waals surface area contributed by atoms with Crippen LogP contribution < -0.4 is 16.0 Å². The summed E-state index contributed by atoms with van der Waals surface area (Å²) in [6.45, 7) is 4.69. The van der Waals surface area contributed by atoms with E-state index >= 15 is 0 Å². The molecule has 1 heterocycles. The van der Waals surface area contributed by atoms with Gasteiger partial charge in [-0.3, -0.25) is 4.79 Å². The Kier molecular flexibility index (Phi) is 5.43. The van der Waals surface area contributed by atoms with Gasteiger partial charge in [0.1, 0.15) is 5.82 Å². The van der Waals surface area contributed by atoms with Gasteiger partial charge in [0.2, 0.25) is 5.95 Å². The average Bonchev–Trinajstić information content (AvgIpc) is 2.64. The number of carbonyl (C=O) groups excluding carboxylic acids is 1. The number of aromatic nitrogens is 2. The Hall–Kier alpha value is -3.41. The van der Waals surface area contributed by atoms with Crippen molar-refractivity contribution in [3.63, 3.8) is 0 Å². The number of aryl methyl sites for hydroxylation is 1. The summed E-state index contributed by atoms with van der Waals surface area (Å²) in [5.41, 5.74) is 3.12. The summed E-state index contributed by atoms with van der Waals surface area (Å²) in [7, 11) is 0. The van der Waals surface area contributed by atoms with Gasteiger partial charge in [0.25, 0.3) is 5.91 Å². The predicted octanol–water partition coefficient (Wildman–Crippen LogP) is 4.21. The topological polar surface area (TPSA) is 78.9 Å². The molecule has 0 aliphatic heterocycles. The molecule has 0 aliphatic rings. The third kappa shape index (κ3) is 4.57. The fourth-order valence-electron chi connectivity index (χ4n) is 2.45. The number of carbonyl (C=O) groups is 1. The summed E-state index contributed by atoms with van der Waals surface area (Å²) in [4.78, 5) is 20.9. The molecule has 132 valence electrons. The molecule has 2 aromatic carbocycles. The maximum Gasteiger partial charge on any atom is 0.255 e. The Bertz CT molecular complexity index is 878. The summed E-state index contributed by atoms with van der Waals surface area (Å²) in [5.74, 6) is 1.18. The van der Waals surface area contributed by atoms with Crippen molar-refractivity contribution in [2.24, 2.45) is 0 Å². The van der Waals surface area contributed by atoms with E-state index in [2.05, 4.69) is 25.9 Å². The highest BCUT2D eigenvalue weighted by Crippen LogP contribution is 2.19. The summed E-state index contributed by atoms with van der Waals surface area (Å²) in [6.07, 6.45) is 0. The maximum absolute atomic E-state index is 12.2. The normalized spacial score (nSPS) is 10.2. The van der Waals surface area contributed by atoms with Gasteiger partial charge in [-0.25, -0.2) is 4.98 Å². The molecule has 0 aliphatic carbocycles. The maximum atomic E-state index is 12.2. The number of benzene rings is 2. The number of hydrogen-bond acceptors (Lipinski definition) is 5. The lowest BCUT2D eigenvalue weighted by molar-refractivity contribution is 0.102. The molecule has 0 saturated heterocycles. The highest BCUT2D eigenvalue weighted by molar-refractivity contribution is 6.04. The summed E-state index contributed by atoms with van der Waals surface area (Å²) < 4.78 is 0. The lowest BCUT2D eigenvalue weighted by Crippen LogP contribution is -2.11. The van der Waals surface area contributed by atoms with Crippen molar-refractivity contribution in [2.45, 2.75) is 13.8 Å². The van der Waals surface area contributed by atoms with Crippen molar-refractivity contribution < 1.29 is 4.79 Å². The fourth-order valence-corrected chi connectivity index (χ4v) is 2.45. The molecule has 0 fully saturated rings. The second-order valence-corrected chi connectivity index (χ2v) is 5.77. The second kappa shape index (κ2) is 8.11. The van der Waals surface area contributed by atoms with Crippen LogP contribution in [-0.2, 0) is 0 Å². The zero-order chi connectivity index (χ0) is 18.4. The van der Waals surface area contributed by atoms with Crippen molar-refractivity contribution in [3.05, 3.63) is 71.9 Å². The molecule has 6 heteroatoms. The molecule has 6 nitrogen and oxygen atoms in total. The molecule has 1 amide bonds. The quantitative estimate of drug-likeness (QED) is 0.622. The van der Waals surface area contributed by atoms with Crippen molar-refractivity contribution in [1.82, 2.24) is 9.97 Å². The molecule has 1 aromatic heterocycles. The molecule has 0 bridgehead atoms. The van der Waals surface area contributed by atoms with Crippen LogP contribution in [0.1, 0.15) is 23.0 Å². The SMILES string of the molecule is CCNc1nc(C)cc(Nc2ccc(NC(=O)c3ccccc3)cc2)n1. The zero-order valence-electron chi connectivity index (χ0n) is 14.8. The van der Waals surface area contributed by atoms with Crippen molar-refractivity contribution in [2.75, 3.05) is 22.5 Å². The van der Waals surface area contributed by atoms with Crippen LogP contribution in [0, 0.1) is 6.92 Å². The number of anilines is 4. The summed E-state index contributed by atoms with van der Waals surface area (Å²) >= 11 is 0. The first-order chi connectivity index (χ1) is 12.6. The van der Waals surface area contributed by atoms with Gasteiger partial charge >= 0.3 is 0 Å². The van der Waals surface area contributed by atoms with Crippen LogP contribution in [0.25, 0.3) is 0 Å². The molecule has 0 unspecified atom stereocenters. The number of rotatable bonds is 6. The summed E-state index contributed by atoms with van der Waals surface area (Å²) in [6, 6.07) is 18.5. The third-order valence-electron chi connectivity index (χ3n) is 3.64. The molecule has 3 aromatic rings. The standard InChI is InChI=1S/C20H21N5O/c1-3-21-20-22-14(2)13-18(25-20)23-16-9-11-17(12-10-16)24-19(26)15-7-5-4-6-8-15/h4-13H,3H2,1-2H3,(H,24,26)(H2,21,22,23,25). The Morgan fingerprint density at radius 3 is 2.35 bits per heavy atom. The van der Waals surface area contributed by atoms with Gasteiger partial charge < -0.3 is 16.0 Å². The highest BCUT2D eigenvalue weighted by Gasteiger charge is 2.06. The Balaban J connectivity index is 1.67. The summed E-state index contributed by atoms with van der Waals surface area (Å²) in [5, 5.41) is 9.24. The lowest BCUT2D eigenvalue weighted by Gasteiger charge is -2.10. The molecule has 0 atom stereocenters. The van der Waals surface area contributed by atoms with Gasteiger partial charge in [0.05, 0.1) is 0 Å². The second-order valence-electron chi connectivity index (χ2n) is 5.77. The molecular weight excluding hydrogens is 326 g/mol. The van der Waals surface area contributed by atoms with Crippen LogP contribution in [0.5, 0.6) is 0 Å². The van der Waals surface area contributed by atoms with Crippen molar-refractivity contribution in [3.8, 4) is 0 Å². The van der Waals surface area contributed by atoms with E-state index in [4.69, 9.17) is 0 Å². The van der Waals surface area contributed by atoms with Gasteiger partial charge in [-0.15, -0.1) is 0 Å². The highest BCUT2D eigenvalue weighted by atomic mass is 16.1. The van der Waals surface area contributed by atoms with E-state index in [-0.39, 0.29) is 5.91 Å². The van der Waals surface area contributed by atoms with Crippen molar-refractivity contribution >= 4 is 29.0 Å². The van der Waals surface area contributed by atoms with Crippen LogP contribution in [0.15, 0.2) is 60.7 Å². The first kappa shape index (κ1) is 17.4. The molecule has 3 N–H and O–H groups in total. The molecule has 0 saturated carbocycles. The van der Waals surface area contributed by atoms with Gasteiger partial charge in [-0.05, 0) is 50.2 Å². The monoisotopic (exact) mass is 347 g/mol. The van der Waals surface area contributed by atoms with E-state index in [0.29, 0.717) is 11.5 Å². The van der Waals surface area contributed by atoms with Crippen LogP contribution in [0.2, 0.25) is 0 Å². The molecule has 0 spiro atoms. The number of nitrogens with one attached hydrogen (secondary N) is 3. The van der Waals surface area contributed by atoms with Crippen LogP contribution >= 0.6 is 0 Å².